The average molecular weight is 463 g/mol. The molecular weight excluding hydrogens is 440 g/mol. The first kappa shape index (κ1) is 21.9. The molecule has 0 aromatic heterocycles. The Kier molecular flexibility index (Phi) is 8.47. The van der Waals surface area contributed by atoms with Gasteiger partial charge in [0.1, 0.15) is 18.1 Å². The fourth-order valence-corrected chi connectivity index (χ4v) is 2.85. The van der Waals surface area contributed by atoms with Gasteiger partial charge >= 0.3 is 0 Å². The number of halogens is 1. The zero-order chi connectivity index (χ0) is 20.5. The van der Waals surface area contributed by atoms with E-state index in [1.807, 2.05) is 38.1 Å². The first-order valence-corrected chi connectivity index (χ1v) is 10.0. The molecule has 0 saturated carbocycles. The SMILES string of the molecule is C=C(C)COc1ccc(NC(=S)NC(=O)c2ccc(OCCC)c(Br)c2)cc1. The third kappa shape index (κ3) is 6.98. The van der Waals surface area contributed by atoms with Gasteiger partial charge in [-0.25, -0.2) is 0 Å². The van der Waals surface area contributed by atoms with Crippen molar-refractivity contribution in [3.63, 3.8) is 0 Å². The zero-order valence-corrected chi connectivity index (χ0v) is 18.3. The van der Waals surface area contributed by atoms with Crippen LogP contribution in [0, 0.1) is 0 Å². The Balaban J connectivity index is 1.91. The summed E-state index contributed by atoms with van der Waals surface area (Å²) >= 11 is 8.65. The van der Waals surface area contributed by atoms with E-state index in [4.69, 9.17) is 21.7 Å². The molecule has 0 saturated heterocycles. The highest BCUT2D eigenvalue weighted by molar-refractivity contribution is 9.10. The van der Waals surface area contributed by atoms with E-state index in [1.54, 1.807) is 18.2 Å². The number of nitrogens with one attached hydrogen (secondary N) is 2. The second kappa shape index (κ2) is 10.8. The zero-order valence-electron chi connectivity index (χ0n) is 15.9. The molecule has 148 valence electrons. The smallest absolute Gasteiger partial charge is 0.257 e. The molecular formula is C21H23BrN2O3S. The van der Waals surface area contributed by atoms with Gasteiger partial charge in [-0.05, 0) is 89.5 Å². The molecule has 0 aliphatic carbocycles. The summed E-state index contributed by atoms with van der Waals surface area (Å²) in [5.41, 5.74) is 2.17. The maximum absolute atomic E-state index is 12.4. The standard InChI is InChI=1S/C21H23BrN2O3S/c1-4-11-26-19-10-5-15(12-18(19)22)20(25)24-21(28)23-16-6-8-17(9-7-16)27-13-14(2)3/h5-10,12H,2,4,11,13H2,1,3H3,(H2,23,24,25,28). The van der Waals surface area contributed by atoms with Gasteiger partial charge < -0.3 is 14.8 Å². The Bertz CT molecular complexity index is 853. The molecule has 0 heterocycles. The molecule has 0 fully saturated rings. The summed E-state index contributed by atoms with van der Waals surface area (Å²) in [7, 11) is 0. The molecule has 0 bridgehead atoms. The number of benzene rings is 2. The van der Waals surface area contributed by atoms with Crippen LogP contribution in [0.15, 0.2) is 59.1 Å². The monoisotopic (exact) mass is 462 g/mol. The van der Waals surface area contributed by atoms with Crippen molar-refractivity contribution in [2.45, 2.75) is 20.3 Å². The van der Waals surface area contributed by atoms with E-state index in [0.29, 0.717) is 24.5 Å². The predicted octanol–water partition coefficient (Wildman–Crippen LogP) is 5.32. The van der Waals surface area contributed by atoms with E-state index in [2.05, 4.69) is 33.1 Å². The molecule has 0 aliphatic rings. The van der Waals surface area contributed by atoms with Gasteiger partial charge in [0.05, 0.1) is 11.1 Å². The van der Waals surface area contributed by atoms with Crippen LogP contribution < -0.4 is 20.1 Å². The Morgan fingerprint density at radius 2 is 1.89 bits per heavy atom. The largest absolute Gasteiger partial charge is 0.492 e. The molecule has 5 nitrogen and oxygen atoms in total. The Labute approximate surface area is 179 Å². The minimum Gasteiger partial charge on any atom is -0.492 e. The molecule has 2 rings (SSSR count). The molecule has 2 aromatic carbocycles. The molecule has 0 aliphatic heterocycles. The first-order valence-electron chi connectivity index (χ1n) is 8.81. The lowest BCUT2D eigenvalue weighted by Gasteiger charge is -2.12. The number of carbonyl (C=O) groups excluding carboxylic acids is 1. The van der Waals surface area contributed by atoms with Crippen LogP contribution in [-0.2, 0) is 0 Å². The van der Waals surface area contributed by atoms with E-state index in [1.165, 1.54) is 0 Å². The number of rotatable bonds is 8. The average Bonchev–Trinajstić information content (AvgIpc) is 2.66. The van der Waals surface area contributed by atoms with Crippen LogP contribution in [0.2, 0.25) is 0 Å². The molecule has 0 atom stereocenters. The molecule has 28 heavy (non-hydrogen) atoms. The van der Waals surface area contributed by atoms with Gasteiger partial charge in [-0.1, -0.05) is 13.5 Å². The highest BCUT2D eigenvalue weighted by atomic mass is 79.9. The van der Waals surface area contributed by atoms with Crippen molar-refractivity contribution in [2.75, 3.05) is 18.5 Å². The minimum atomic E-state index is -0.304. The lowest BCUT2D eigenvalue weighted by atomic mass is 10.2. The number of thiocarbonyl (C=S) groups is 1. The van der Waals surface area contributed by atoms with Gasteiger partial charge in [0, 0.05) is 11.3 Å². The van der Waals surface area contributed by atoms with Crippen molar-refractivity contribution in [2.24, 2.45) is 0 Å². The van der Waals surface area contributed by atoms with Gasteiger partial charge in [0.2, 0.25) is 0 Å². The van der Waals surface area contributed by atoms with Crippen molar-refractivity contribution in [3.05, 3.63) is 64.7 Å². The molecule has 0 spiro atoms. The Morgan fingerprint density at radius 1 is 1.18 bits per heavy atom. The maximum Gasteiger partial charge on any atom is 0.257 e. The van der Waals surface area contributed by atoms with Gasteiger partial charge in [-0.2, -0.15) is 0 Å². The Morgan fingerprint density at radius 3 is 2.50 bits per heavy atom. The van der Waals surface area contributed by atoms with Crippen molar-refractivity contribution in [3.8, 4) is 11.5 Å². The van der Waals surface area contributed by atoms with Gasteiger partial charge in [-0.3, -0.25) is 10.1 Å². The topological polar surface area (TPSA) is 59.6 Å². The quantitative estimate of drug-likeness (QED) is 0.410. The lowest BCUT2D eigenvalue weighted by molar-refractivity contribution is 0.0977. The molecule has 0 unspecified atom stereocenters. The van der Waals surface area contributed by atoms with Crippen molar-refractivity contribution in [1.29, 1.82) is 0 Å². The summed E-state index contributed by atoms with van der Waals surface area (Å²) in [6.45, 7) is 8.83. The second-order valence-electron chi connectivity index (χ2n) is 6.17. The van der Waals surface area contributed by atoms with E-state index in [0.717, 1.165) is 27.9 Å². The lowest BCUT2D eigenvalue weighted by Crippen LogP contribution is -2.34. The number of anilines is 1. The number of ether oxygens (including phenoxy) is 2. The van der Waals surface area contributed by atoms with Crippen LogP contribution in [-0.4, -0.2) is 24.2 Å². The van der Waals surface area contributed by atoms with Crippen molar-refractivity contribution >= 4 is 44.9 Å². The molecule has 1 amide bonds. The summed E-state index contributed by atoms with van der Waals surface area (Å²) in [5.74, 6) is 1.13. The van der Waals surface area contributed by atoms with Gasteiger partial charge in [0.25, 0.3) is 5.91 Å². The van der Waals surface area contributed by atoms with Crippen molar-refractivity contribution < 1.29 is 14.3 Å². The van der Waals surface area contributed by atoms with Gasteiger partial charge in [-0.15, -0.1) is 0 Å². The normalized spacial score (nSPS) is 10.1. The summed E-state index contributed by atoms with van der Waals surface area (Å²) in [5, 5.41) is 5.86. The van der Waals surface area contributed by atoms with Gasteiger partial charge in [0.15, 0.2) is 5.11 Å². The van der Waals surface area contributed by atoms with E-state index in [9.17, 15) is 4.79 Å². The number of hydrogen-bond donors (Lipinski definition) is 2. The van der Waals surface area contributed by atoms with Crippen LogP contribution in [0.3, 0.4) is 0 Å². The molecule has 2 N–H and O–H groups in total. The first-order chi connectivity index (χ1) is 13.4. The highest BCUT2D eigenvalue weighted by Crippen LogP contribution is 2.26. The maximum atomic E-state index is 12.4. The minimum absolute atomic E-state index is 0.211. The number of hydrogen-bond acceptors (Lipinski definition) is 4. The highest BCUT2D eigenvalue weighted by Gasteiger charge is 2.11. The number of amides is 1. The fraction of sp³-hybridized carbons (Fsp3) is 0.238. The van der Waals surface area contributed by atoms with E-state index in [-0.39, 0.29) is 11.0 Å². The third-order valence-electron chi connectivity index (χ3n) is 3.48. The van der Waals surface area contributed by atoms with Crippen molar-refractivity contribution in [1.82, 2.24) is 5.32 Å². The summed E-state index contributed by atoms with van der Waals surface area (Å²) in [4.78, 5) is 12.4. The second-order valence-corrected chi connectivity index (χ2v) is 7.43. The molecule has 7 heteroatoms. The van der Waals surface area contributed by atoms with Crippen LogP contribution in [0.1, 0.15) is 30.6 Å². The summed E-state index contributed by atoms with van der Waals surface area (Å²) < 4.78 is 11.9. The van der Waals surface area contributed by atoms with Crippen LogP contribution >= 0.6 is 28.1 Å². The van der Waals surface area contributed by atoms with Crippen LogP contribution in [0.5, 0.6) is 11.5 Å². The fourth-order valence-electron chi connectivity index (χ4n) is 2.15. The molecule has 0 radical (unpaired) electrons. The summed E-state index contributed by atoms with van der Waals surface area (Å²) in [6.07, 6.45) is 0.912. The van der Waals surface area contributed by atoms with E-state index < -0.39 is 0 Å². The predicted molar refractivity (Wildman–Crippen MR) is 120 cm³/mol. The summed E-state index contributed by atoms with van der Waals surface area (Å²) in [6, 6.07) is 12.4. The molecule has 2 aromatic rings. The Hall–Kier alpha value is -2.38. The third-order valence-corrected chi connectivity index (χ3v) is 4.30. The van der Waals surface area contributed by atoms with Crippen LogP contribution in [0.4, 0.5) is 5.69 Å². The van der Waals surface area contributed by atoms with E-state index >= 15 is 0 Å². The number of carbonyl (C=O) groups is 1. The van der Waals surface area contributed by atoms with Crippen LogP contribution in [0.25, 0.3) is 0 Å².